The van der Waals surface area contributed by atoms with E-state index in [1.165, 1.54) is 11.3 Å². The van der Waals surface area contributed by atoms with Gasteiger partial charge in [-0.1, -0.05) is 0 Å². The van der Waals surface area contributed by atoms with E-state index in [1.807, 2.05) is 13.0 Å². The summed E-state index contributed by atoms with van der Waals surface area (Å²) >= 11 is 1.41. The number of nitrogens with zero attached hydrogens (tertiary/aromatic N) is 1. The Kier molecular flexibility index (Phi) is 3.20. The molecular formula is C6H7ClN2S. The minimum Gasteiger partial charge on any atom is -0.390 e. The molecule has 0 fully saturated rings. The fourth-order valence-corrected chi connectivity index (χ4v) is 1.30. The third kappa shape index (κ3) is 1.41. The lowest BCUT2D eigenvalue weighted by Crippen LogP contribution is -1.82. The molecule has 0 bridgehead atoms. The van der Waals surface area contributed by atoms with E-state index < -0.39 is 0 Å². The number of nitrogens with two attached hydrogens (primary N) is 1. The Hall–Kier alpha value is -0.720. The monoisotopic (exact) mass is 174 g/mol. The van der Waals surface area contributed by atoms with Gasteiger partial charge in [0.25, 0.3) is 0 Å². The minimum atomic E-state index is 0. The van der Waals surface area contributed by atoms with Crippen LogP contribution in [0.15, 0.2) is 5.38 Å². The van der Waals surface area contributed by atoms with Crippen LogP contribution in [0.4, 0.5) is 5.00 Å². The Morgan fingerprint density at radius 2 is 2.30 bits per heavy atom. The summed E-state index contributed by atoms with van der Waals surface area (Å²) in [6, 6.07) is 2.05. The fourth-order valence-electron chi connectivity index (χ4n) is 0.542. The SMILES string of the molecule is Cc1c(C#N)csc1N.Cl. The highest BCUT2D eigenvalue weighted by Gasteiger charge is 2.00. The van der Waals surface area contributed by atoms with E-state index in [-0.39, 0.29) is 12.4 Å². The third-order valence-corrected chi connectivity index (χ3v) is 2.11. The molecule has 2 nitrogen and oxygen atoms in total. The van der Waals surface area contributed by atoms with Crippen molar-refractivity contribution < 1.29 is 0 Å². The first kappa shape index (κ1) is 9.28. The van der Waals surface area contributed by atoms with E-state index in [1.54, 1.807) is 5.38 Å². The molecule has 0 unspecified atom stereocenters. The molecule has 0 atom stereocenters. The number of nitrogen functional groups attached to an aromatic ring is 1. The minimum absolute atomic E-state index is 0. The predicted octanol–water partition coefficient (Wildman–Crippen LogP) is 1.93. The molecule has 54 valence electrons. The van der Waals surface area contributed by atoms with Crippen molar-refractivity contribution in [3.63, 3.8) is 0 Å². The van der Waals surface area contributed by atoms with Crippen LogP contribution in [0.5, 0.6) is 0 Å². The van der Waals surface area contributed by atoms with Gasteiger partial charge in [0.1, 0.15) is 6.07 Å². The summed E-state index contributed by atoms with van der Waals surface area (Å²) in [7, 11) is 0. The normalized spacial score (nSPS) is 8.00. The van der Waals surface area contributed by atoms with Gasteiger partial charge in [-0.25, -0.2) is 0 Å². The molecule has 0 spiro atoms. The highest BCUT2D eigenvalue weighted by atomic mass is 35.5. The molecule has 0 aromatic carbocycles. The second kappa shape index (κ2) is 3.45. The van der Waals surface area contributed by atoms with E-state index in [9.17, 15) is 0 Å². The summed E-state index contributed by atoms with van der Waals surface area (Å²) in [5.74, 6) is 0. The number of thiophene rings is 1. The number of anilines is 1. The quantitative estimate of drug-likeness (QED) is 0.654. The van der Waals surface area contributed by atoms with Gasteiger partial charge in [0.05, 0.1) is 10.6 Å². The Labute approximate surface area is 69.7 Å². The van der Waals surface area contributed by atoms with Crippen molar-refractivity contribution in [2.45, 2.75) is 6.92 Å². The van der Waals surface area contributed by atoms with Crippen molar-refractivity contribution in [3.05, 3.63) is 16.5 Å². The summed E-state index contributed by atoms with van der Waals surface area (Å²) in [4.78, 5) is 0. The van der Waals surface area contributed by atoms with Gasteiger partial charge < -0.3 is 5.73 Å². The van der Waals surface area contributed by atoms with Crippen molar-refractivity contribution >= 4 is 28.7 Å². The Morgan fingerprint density at radius 3 is 2.50 bits per heavy atom. The smallest absolute Gasteiger partial charge is 0.100 e. The van der Waals surface area contributed by atoms with Gasteiger partial charge in [0.15, 0.2) is 0 Å². The summed E-state index contributed by atoms with van der Waals surface area (Å²) in [6.45, 7) is 1.85. The van der Waals surface area contributed by atoms with Crippen molar-refractivity contribution in [1.29, 1.82) is 5.26 Å². The summed E-state index contributed by atoms with van der Waals surface area (Å²) < 4.78 is 0. The van der Waals surface area contributed by atoms with Crippen LogP contribution in [-0.4, -0.2) is 0 Å². The molecule has 0 radical (unpaired) electrons. The van der Waals surface area contributed by atoms with Crippen LogP contribution < -0.4 is 5.73 Å². The largest absolute Gasteiger partial charge is 0.390 e. The molecule has 2 N–H and O–H groups in total. The summed E-state index contributed by atoms with van der Waals surface area (Å²) in [6.07, 6.45) is 0. The lowest BCUT2D eigenvalue weighted by atomic mass is 10.2. The number of hydrogen-bond donors (Lipinski definition) is 1. The van der Waals surface area contributed by atoms with Gasteiger partial charge in [0, 0.05) is 10.9 Å². The Balaban J connectivity index is 0.000000810. The molecular weight excluding hydrogens is 168 g/mol. The predicted molar refractivity (Wildman–Crippen MR) is 45.4 cm³/mol. The molecule has 0 aliphatic carbocycles. The number of nitriles is 1. The lowest BCUT2D eigenvalue weighted by molar-refractivity contribution is 1.45. The molecule has 10 heavy (non-hydrogen) atoms. The Bertz CT molecular complexity index is 261. The van der Waals surface area contributed by atoms with Crippen LogP contribution in [0.3, 0.4) is 0 Å². The molecule has 4 heteroatoms. The third-order valence-electron chi connectivity index (χ3n) is 1.20. The molecule has 1 aromatic heterocycles. The lowest BCUT2D eigenvalue weighted by Gasteiger charge is -1.84. The zero-order valence-electron chi connectivity index (χ0n) is 5.42. The number of halogens is 1. The van der Waals surface area contributed by atoms with Crippen LogP contribution in [-0.2, 0) is 0 Å². The zero-order chi connectivity index (χ0) is 6.85. The van der Waals surface area contributed by atoms with Gasteiger partial charge in [-0.15, -0.1) is 23.7 Å². The van der Waals surface area contributed by atoms with E-state index in [0.717, 1.165) is 10.6 Å². The first-order valence-electron chi connectivity index (χ1n) is 2.49. The number of hydrogen-bond acceptors (Lipinski definition) is 3. The van der Waals surface area contributed by atoms with Crippen molar-refractivity contribution in [3.8, 4) is 6.07 Å². The van der Waals surface area contributed by atoms with E-state index in [2.05, 4.69) is 0 Å². The van der Waals surface area contributed by atoms with E-state index in [4.69, 9.17) is 11.0 Å². The van der Waals surface area contributed by atoms with Gasteiger partial charge in [-0.2, -0.15) is 5.26 Å². The maximum atomic E-state index is 8.43. The van der Waals surface area contributed by atoms with Gasteiger partial charge in [0.2, 0.25) is 0 Å². The van der Waals surface area contributed by atoms with Crippen molar-refractivity contribution in [2.24, 2.45) is 0 Å². The molecule has 1 rings (SSSR count). The first-order chi connectivity index (χ1) is 4.25. The molecule has 0 aliphatic heterocycles. The van der Waals surface area contributed by atoms with Crippen LogP contribution >= 0.6 is 23.7 Å². The Morgan fingerprint density at radius 1 is 1.70 bits per heavy atom. The average molecular weight is 175 g/mol. The second-order valence-corrected chi connectivity index (χ2v) is 2.66. The first-order valence-corrected chi connectivity index (χ1v) is 3.37. The van der Waals surface area contributed by atoms with Crippen LogP contribution in [0.2, 0.25) is 0 Å². The van der Waals surface area contributed by atoms with Crippen LogP contribution in [0.25, 0.3) is 0 Å². The molecule has 0 amide bonds. The number of rotatable bonds is 0. The maximum absolute atomic E-state index is 8.43. The zero-order valence-corrected chi connectivity index (χ0v) is 7.05. The highest BCUT2D eigenvalue weighted by Crippen LogP contribution is 2.22. The fraction of sp³-hybridized carbons (Fsp3) is 0.167. The van der Waals surface area contributed by atoms with Gasteiger partial charge in [-0.3, -0.25) is 0 Å². The van der Waals surface area contributed by atoms with Crippen molar-refractivity contribution in [2.75, 3.05) is 5.73 Å². The standard InChI is InChI=1S/C6H6N2S.ClH/c1-4-5(2-7)3-9-6(4)8;/h3H,8H2,1H3;1H. The summed E-state index contributed by atoms with van der Waals surface area (Å²) in [5.41, 5.74) is 7.08. The maximum Gasteiger partial charge on any atom is 0.100 e. The molecule has 1 heterocycles. The molecule has 0 aliphatic rings. The second-order valence-electron chi connectivity index (χ2n) is 1.75. The topological polar surface area (TPSA) is 49.8 Å². The van der Waals surface area contributed by atoms with E-state index in [0.29, 0.717) is 5.56 Å². The van der Waals surface area contributed by atoms with E-state index >= 15 is 0 Å². The average Bonchev–Trinajstić information content (AvgIpc) is 2.15. The van der Waals surface area contributed by atoms with Gasteiger partial charge in [-0.05, 0) is 6.92 Å². The van der Waals surface area contributed by atoms with Crippen LogP contribution in [0, 0.1) is 18.3 Å². The van der Waals surface area contributed by atoms with Crippen LogP contribution in [0.1, 0.15) is 11.1 Å². The highest BCUT2D eigenvalue weighted by molar-refractivity contribution is 7.14. The summed E-state index contributed by atoms with van der Waals surface area (Å²) in [5, 5.41) is 10.9. The molecule has 1 aromatic rings. The van der Waals surface area contributed by atoms with Gasteiger partial charge >= 0.3 is 0 Å². The molecule has 0 saturated heterocycles. The van der Waals surface area contributed by atoms with Crippen molar-refractivity contribution in [1.82, 2.24) is 0 Å². The molecule has 0 saturated carbocycles.